The van der Waals surface area contributed by atoms with E-state index in [9.17, 15) is 14.9 Å². The molecule has 0 saturated carbocycles. The number of carbonyl (C=O) groups excluding carboxylic acids is 1. The summed E-state index contributed by atoms with van der Waals surface area (Å²) >= 11 is 24.8. The third kappa shape index (κ3) is 9.64. The molecule has 9 nitrogen and oxygen atoms in total. The normalized spacial score (nSPS) is 12.3. The second-order valence-electron chi connectivity index (χ2n) is 10.7. The molecule has 0 bridgehead atoms. The zero-order valence-corrected chi connectivity index (χ0v) is 27.8. The summed E-state index contributed by atoms with van der Waals surface area (Å²) in [7, 11) is 0. The number of halogens is 3. The van der Waals surface area contributed by atoms with Crippen LogP contribution in [0.3, 0.4) is 0 Å². The van der Waals surface area contributed by atoms with Crippen molar-refractivity contribution in [2.24, 2.45) is 5.92 Å². The third-order valence-electron chi connectivity index (χ3n) is 7.51. The van der Waals surface area contributed by atoms with Gasteiger partial charge in [0, 0.05) is 60.4 Å². The Kier molecular flexibility index (Phi) is 12.2. The van der Waals surface area contributed by atoms with E-state index in [-0.39, 0.29) is 30.0 Å². The first-order valence-corrected chi connectivity index (χ1v) is 15.8. The van der Waals surface area contributed by atoms with E-state index in [1.54, 1.807) is 42.9 Å². The van der Waals surface area contributed by atoms with Gasteiger partial charge in [0.25, 0.3) is 5.69 Å². The Morgan fingerprint density at radius 2 is 1.80 bits per heavy atom. The number of benzene rings is 3. The Morgan fingerprint density at radius 1 is 1.09 bits per heavy atom. The third-order valence-corrected chi connectivity index (χ3v) is 8.98. The summed E-state index contributed by atoms with van der Waals surface area (Å²) in [5, 5.41) is 19.5. The summed E-state index contributed by atoms with van der Waals surface area (Å²) in [4.78, 5) is 30.2. The molecule has 0 fully saturated rings. The van der Waals surface area contributed by atoms with Gasteiger partial charge in [-0.05, 0) is 59.6 Å². The van der Waals surface area contributed by atoms with Crippen LogP contribution in [-0.2, 0) is 24.3 Å². The first-order valence-electron chi connectivity index (χ1n) is 14.3. The highest BCUT2D eigenvalue weighted by atomic mass is 35.5. The Bertz CT molecular complexity index is 1630. The van der Waals surface area contributed by atoms with Gasteiger partial charge < -0.3 is 20.1 Å². The molecule has 45 heavy (non-hydrogen) atoms. The van der Waals surface area contributed by atoms with E-state index < -0.39 is 4.92 Å². The number of nitro benzene ring substituents is 1. The summed E-state index contributed by atoms with van der Waals surface area (Å²) < 4.78 is 1.86. The van der Waals surface area contributed by atoms with Crippen LogP contribution < -0.4 is 10.6 Å². The zero-order chi connectivity index (χ0) is 32.5. The molecule has 0 aliphatic rings. The highest BCUT2D eigenvalue weighted by Crippen LogP contribution is 2.27. The van der Waals surface area contributed by atoms with Crippen LogP contribution in [0, 0.1) is 16.0 Å². The van der Waals surface area contributed by atoms with Gasteiger partial charge in [0.15, 0.2) is 5.11 Å². The van der Waals surface area contributed by atoms with Gasteiger partial charge >= 0.3 is 0 Å². The number of non-ortho nitro benzene ring substituents is 1. The second-order valence-corrected chi connectivity index (χ2v) is 12.3. The number of amides is 1. The quantitative estimate of drug-likeness (QED) is 0.0841. The van der Waals surface area contributed by atoms with Crippen molar-refractivity contribution in [2.75, 3.05) is 11.9 Å². The van der Waals surface area contributed by atoms with Crippen molar-refractivity contribution in [3.05, 3.63) is 121 Å². The first kappa shape index (κ1) is 34.2. The highest BCUT2D eigenvalue weighted by Gasteiger charge is 2.25. The van der Waals surface area contributed by atoms with Crippen molar-refractivity contribution in [2.45, 2.75) is 45.8 Å². The van der Waals surface area contributed by atoms with Gasteiger partial charge in [0.05, 0.1) is 27.7 Å². The molecule has 0 saturated heterocycles. The summed E-state index contributed by atoms with van der Waals surface area (Å²) in [6.45, 7) is 5.36. The molecule has 0 unspecified atom stereocenters. The monoisotopic (exact) mass is 686 g/mol. The van der Waals surface area contributed by atoms with Gasteiger partial charge in [-0.3, -0.25) is 14.9 Å². The smallest absolute Gasteiger partial charge is 0.269 e. The summed E-state index contributed by atoms with van der Waals surface area (Å²) in [6, 6.07) is 18.8. The fourth-order valence-electron chi connectivity index (χ4n) is 4.70. The summed E-state index contributed by atoms with van der Waals surface area (Å²) in [5.74, 6) is -0.0438. The minimum Gasteiger partial charge on any atom is -0.351 e. The van der Waals surface area contributed by atoms with E-state index in [1.165, 1.54) is 12.1 Å². The lowest BCUT2D eigenvalue weighted by Gasteiger charge is -2.33. The highest BCUT2D eigenvalue weighted by molar-refractivity contribution is 7.80. The minimum atomic E-state index is -0.435. The van der Waals surface area contributed by atoms with Crippen LogP contribution in [0.1, 0.15) is 37.1 Å². The molecule has 0 aliphatic heterocycles. The predicted molar refractivity (Wildman–Crippen MR) is 184 cm³/mol. The van der Waals surface area contributed by atoms with Crippen LogP contribution in [0.5, 0.6) is 0 Å². The van der Waals surface area contributed by atoms with Crippen LogP contribution in [-0.4, -0.2) is 43.0 Å². The van der Waals surface area contributed by atoms with Crippen LogP contribution in [0.25, 0.3) is 0 Å². The van der Waals surface area contributed by atoms with Crippen LogP contribution in [0.4, 0.5) is 11.4 Å². The fraction of sp³-hybridized carbons (Fsp3) is 0.281. The molecule has 236 valence electrons. The molecular weight excluding hydrogens is 655 g/mol. The van der Waals surface area contributed by atoms with Gasteiger partial charge in [0.1, 0.15) is 0 Å². The predicted octanol–water partition coefficient (Wildman–Crippen LogP) is 7.77. The SMILES string of the molecule is CC[C@H](C)[C@@H](CN(Cc1cccc(Cl)c1Cl)C(=S)Nc1ccc(Cl)cc1)NC(=O)Cc1cncn1Cc1ccc([N+](=O)[O-])cc1. The molecule has 1 amide bonds. The molecule has 1 aromatic heterocycles. The standard InChI is InChI=1S/C32H33Cl3N6O3S/c1-3-21(2)29(38-30(42)15-27-16-36-20-40(27)17-22-7-13-26(14-8-22)41(43)44)19-39(18-23-5-4-6-28(34)31(23)35)32(45)37-25-11-9-24(33)10-12-25/h4-14,16,20-21,29H,3,15,17-19H2,1-2H3,(H,37,45)(H,38,42)/t21-,29+/m0/s1. The molecule has 2 N–H and O–H groups in total. The average molecular weight is 688 g/mol. The van der Waals surface area contributed by atoms with E-state index in [2.05, 4.69) is 29.5 Å². The number of aromatic nitrogens is 2. The van der Waals surface area contributed by atoms with Gasteiger partial charge in [-0.15, -0.1) is 0 Å². The molecular formula is C32H33Cl3N6O3S. The lowest BCUT2D eigenvalue weighted by atomic mass is 9.98. The number of imidazole rings is 1. The molecule has 0 aliphatic carbocycles. The van der Waals surface area contributed by atoms with Crippen LogP contribution in [0.2, 0.25) is 15.1 Å². The number of nitrogens with one attached hydrogen (secondary N) is 2. The Morgan fingerprint density at radius 3 is 2.47 bits per heavy atom. The summed E-state index contributed by atoms with van der Waals surface area (Å²) in [5.41, 5.74) is 3.17. The van der Waals surface area contributed by atoms with Crippen molar-refractivity contribution < 1.29 is 9.72 Å². The fourth-order valence-corrected chi connectivity index (χ4v) is 5.46. The number of hydrogen-bond donors (Lipinski definition) is 2. The van der Waals surface area contributed by atoms with Crippen molar-refractivity contribution >= 4 is 69.4 Å². The average Bonchev–Trinajstić information content (AvgIpc) is 3.45. The number of anilines is 1. The second kappa shape index (κ2) is 16.0. The Hall–Kier alpha value is -3.70. The van der Waals surface area contributed by atoms with E-state index >= 15 is 0 Å². The number of nitro groups is 1. The van der Waals surface area contributed by atoms with Crippen molar-refractivity contribution in [3.8, 4) is 0 Å². The molecule has 3 aromatic carbocycles. The number of rotatable bonds is 13. The Labute approximate surface area is 282 Å². The number of hydrogen-bond acceptors (Lipinski definition) is 5. The number of carbonyl (C=O) groups is 1. The van der Waals surface area contributed by atoms with E-state index in [4.69, 9.17) is 47.0 Å². The minimum absolute atomic E-state index is 0.0228. The maximum atomic E-state index is 13.5. The molecule has 13 heteroatoms. The van der Waals surface area contributed by atoms with Crippen molar-refractivity contribution in [3.63, 3.8) is 0 Å². The van der Waals surface area contributed by atoms with Gasteiger partial charge in [-0.1, -0.05) is 79.3 Å². The van der Waals surface area contributed by atoms with Crippen molar-refractivity contribution in [1.82, 2.24) is 19.8 Å². The van der Waals surface area contributed by atoms with E-state index in [0.717, 1.165) is 28.9 Å². The van der Waals surface area contributed by atoms with Gasteiger partial charge in [-0.25, -0.2) is 4.98 Å². The molecule has 4 aromatic rings. The number of thiocarbonyl (C=S) groups is 1. The Balaban J connectivity index is 1.50. The molecule has 1 heterocycles. The topological polar surface area (TPSA) is 105 Å². The van der Waals surface area contributed by atoms with Gasteiger partial charge in [0.2, 0.25) is 5.91 Å². The lowest BCUT2D eigenvalue weighted by molar-refractivity contribution is -0.384. The maximum absolute atomic E-state index is 13.5. The molecule has 4 rings (SSSR count). The van der Waals surface area contributed by atoms with Crippen LogP contribution >= 0.6 is 47.0 Å². The molecule has 0 radical (unpaired) electrons. The maximum Gasteiger partial charge on any atom is 0.269 e. The molecule has 2 atom stereocenters. The zero-order valence-electron chi connectivity index (χ0n) is 24.8. The number of nitrogens with zero attached hydrogens (tertiary/aromatic N) is 4. The molecule has 0 spiro atoms. The van der Waals surface area contributed by atoms with Crippen molar-refractivity contribution in [1.29, 1.82) is 0 Å². The largest absolute Gasteiger partial charge is 0.351 e. The first-order chi connectivity index (χ1) is 21.5. The van der Waals surface area contributed by atoms with Gasteiger partial charge in [-0.2, -0.15) is 0 Å². The van der Waals surface area contributed by atoms with E-state index in [0.29, 0.717) is 39.8 Å². The van der Waals surface area contributed by atoms with Crippen LogP contribution in [0.15, 0.2) is 79.3 Å². The summed E-state index contributed by atoms with van der Waals surface area (Å²) in [6.07, 6.45) is 4.23. The van der Waals surface area contributed by atoms with E-state index in [1.807, 2.05) is 33.7 Å². The lowest BCUT2D eigenvalue weighted by Crippen LogP contribution is -2.50.